The largest absolute Gasteiger partial charge is 0.478 e. The summed E-state index contributed by atoms with van der Waals surface area (Å²) >= 11 is 0. The van der Waals surface area contributed by atoms with Gasteiger partial charge in [-0.05, 0) is 26.4 Å². The maximum absolute atomic E-state index is 5.42. The van der Waals surface area contributed by atoms with Gasteiger partial charge in [0.25, 0.3) is 0 Å². The Morgan fingerprint density at radius 2 is 2.06 bits per heavy atom. The molecule has 1 aromatic rings. The van der Waals surface area contributed by atoms with E-state index in [4.69, 9.17) is 4.74 Å². The Morgan fingerprint density at radius 3 is 2.83 bits per heavy atom. The molecule has 100 valence electrons. The number of ether oxygens (including phenoxy) is 1. The molecule has 2 heterocycles. The second kappa shape index (κ2) is 6.54. The smallest absolute Gasteiger partial charge is 0.218 e. The highest BCUT2D eigenvalue weighted by Gasteiger charge is 2.15. The number of likely N-dealkylation sites (N-methyl/N-ethyl adjacent to an activating group) is 1. The lowest BCUT2D eigenvalue weighted by Crippen LogP contribution is -2.31. The van der Waals surface area contributed by atoms with Crippen LogP contribution in [0.1, 0.15) is 20.3 Å². The lowest BCUT2D eigenvalue weighted by atomic mass is 10.3. The molecule has 1 fully saturated rings. The highest BCUT2D eigenvalue weighted by molar-refractivity contribution is 5.40. The molecule has 0 unspecified atom stereocenters. The lowest BCUT2D eigenvalue weighted by molar-refractivity contribution is 0.310. The van der Waals surface area contributed by atoms with Crippen molar-refractivity contribution in [3.05, 3.63) is 12.4 Å². The van der Waals surface area contributed by atoms with E-state index in [2.05, 4.69) is 26.7 Å². The van der Waals surface area contributed by atoms with Gasteiger partial charge in [0.05, 0.1) is 6.61 Å². The number of anilines is 1. The van der Waals surface area contributed by atoms with E-state index in [0.717, 1.165) is 32.0 Å². The van der Waals surface area contributed by atoms with Crippen LogP contribution < -0.4 is 9.64 Å². The van der Waals surface area contributed by atoms with Crippen molar-refractivity contribution in [2.45, 2.75) is 20.3 Å². The summed E-state index contributed by atoms with van der Waals surface area (Å²) < 4.78 is 5.42. The van der Waals surface area contributed by atoms with E-state index < -0.39 is 0 Å². The molecule has 0 amide bonds. The van der Waals surface area contributed by atoms with Gasteiger partial charge in [-0.15, -0.1) is 0 Å². The van der Waals surface area contributed by atoms with Gasteiger partial charge in [-0.2, -0.15) is 0 Å². The summed E-state index contributed by atoms with van der Waals surface area (Å²) in [6.45, 7) is 10.3. The minimum absolute atomic E-state index is 0.639. The first-order valence-corrected chi connectivity index (χ1v) is 6.75. The Bertz CT molecular complexity index is 372. The van der Waals surface area contributed by atoms with Crippen LogP contribution in [0.15, 0.2) is 12.4 Å². The van der Waals surface area contributed by atoms with Crippen molar-refractivity contribution >= 4 is 5.82 Å². The first-order chi connectivity index (χ1) is 8.83. The second-order valence-electron chi connectivity index (χ2n) is 4.42. The minimum atomic E-state index is 0.639. The van der Waals surface area contributed by atoms with Crippen LogP contribution in [0, 0.1) is 0 Å². The quantitative estimate of drug-likeness (QED) is 0.808. The molecule has 0 spiro atoms. The summed E-state index contributed by atoms with van der Waals surface area (Å²) in [5, 5.41) is 0. The maximum Gasteiger partial charge on any atom is 0.218 e. The molecule has 0 saturated carbocycles. The van der Waals surface area contributed by atoms with Gasteiger partial charge in [0, 0.05) is 25.7 Å². The Hall–Kier alpha value is -1.36. The SMILES string of the molecule is CCOc1cc(N2CCCN(CC)CC2)ncn1. The molecular formula is C13H22N4O. The third-order valence-electron chi connectivity index (χ3n) is 3.28. The highest BCUT2D eigenvalue weighted by Crippen LogP contribution is 2.17. The summed E-state index contributed by atoms with van der Waals surface area (Å²) in [6.07, 6.45) is 2.77. The Kier molecular flexibility index (Phi) is 4.75. The van der Waals surface area contributed by atoms with E-state index >= 15 is 0 Å². The summed E-state index contributed by atoms with van der Waals surface area (Å²) in [4.78, 5) is 13.3. The van der Waals surface area contributed by atoms with Crippen LogP contribution in [0.4, 0.5) is 5.82 Å². The predicted octanol–water partition coefficient (Wildman–Crippen LogP) is 1.41. The fourth-order valence-corrected chi connectivity index (χ4v) is 2.25. The maximum atomic E-state index is 5.42. The lowest BCUT2D eigenvalue weighted by Gasteiger charge is -2.22. The first kappa shape index (κ1) is 13.1. The molecule has 0 radical (unpaired) electrons. The fourth-order valence-electron chi connectivity index (χ4n) is 2.25. The number of hydrogen-bond acceptors (Lipinski definition) is 5. The molecule has 0 N–H and O–H groups in total. The first-order valence-electron chi connectivity index (χ1n) is 6.75. The van der Waals surface area contributed by atoms with Crippen LogP contribution >= 0.6 is 0 Å². The molecule has 0 atom stereocenters. The number of rotatable bonds is 4. The van der Waals surface area contributed by atoms with Crippen molar-refractivity contribution in [2.24, 2.45) is 0 Å². The molecule has 0 bridgehead atoms. The fraction of sp³-hybridized carbons (Fsp3) is 0.692. The molecule has 1 aliphatic rings. The molecule has 1 aromatic heterocycles. The standard InChI is InChI=1S/C13H22N4O/c1-3-16-6-5-7-17(9-8-16)12-10-13(18-4-2)15-11-14-12/h10-11H,3-9H2,1-2H3. The summed E-state index contributed by atoms with van der Waals surface area (Å²) in [6, 6.07) is 1.94. The van der Waals surface area contributed by atoms with Crippen molar-refractivity contribution in [1.82, 2.24) is 14.9 Å². The van der Waals surface area contributed by atoms with Gasteiger partial charge in [0.1, 0.15) is 12.1 Å². The number of hydrogen-bond donors (Lipinski definition) is 0. The molecule has 5 nitrogen and oxygen atoms in total. The van der Waals surface area contributed by atoms with E-state index in [0.29, 0.717) is 12.5 Å². The molecule has 5 heteroatoms. The van der Waals surface area contributed by atoms with E-state index in [1.807, 2.05) is 13.0 Å². The van der Waals surface area contributed by atoms with Gasteiger partial charge in [0.15, 0.2) is 0 Å². The van der Waals surface area contributed by atoms with Gasteiger partial charge >= 0.3 is 0 Å². The normalized spacial score (nSPS) is 17.6. The third-order valence-corrected chi connectivity index (χ3v) is 3.28. The molecular weight excluding hydrogens is 228 g/mol. The van der Waals surface area contributed by atoms with Gasteiger partial charge in [-0.3, -0.25) is 0 Å². The molecule has 0 aliphatic carbocycles. The molecule has 0 aromatic carbocycles. The van der Waals surface area contributed by atoms with Crippen molar-refractivity contribution in [3.8, 4) is 5.88 Å². The Morgan fingerprint density at radius 1 is 1.17 bits per heavy atom. The number of aromatic nitrogens is 2. The highest BCUT2D eigenvalue weighted by atomic mass is 16.5. The van der Waals surface area contributed by atoms with Crippen LogP contribution in [-0.2, 0) is 0 Å². The van der Waals surface area contributed by atoms with Gasteiger partial charge < -0.3 is 14.5 Å². The monoisotopic (exact) mass is 250 g/mol. The van der Waals surface area contributed by atoms with E-state index in [9.17, 15) is 0 Å². The van der Waals surface area contributed by atoms with Crippen molar-refractivity contribution in [3.63, 3.8) is 0 Å². The Balaban J connectivity index is 2.03. The van der Waals surface area contributed by atoms with Crippen LogP contribution in [0.5, 0.6) is 5.88 Å². The summed E-state index contributed by atoms with van der Waals surface area (Å²) in [5.41, 5.74) is 0. The van der Waals surface area contributed by atoms with Gasteiger partial charge in [-0.1, -0.05) is 6.92 Å². The Labute approximate surface area is 109 Å². The minimum Gasteiger partial charge on any atom is -0.478 e. The molecule has 2 rings (SSSR count). The van der Waals surface area contributed by atoms with Crippen molar-refractivity contribution in [2.75, 3.05) is 44.2 Å². The topological polar surface area (TPSA) is 41.5 Å². The van der Waals surface area contributed by atoms with Crippen LogP contribution in [-0.4, -0.2) is 54.2 Å². The van der Waals surface area contributed by atoms with Crippen LogP contribution in [0.25, 0.3) is 0 Å². The zero-order chi connectivity index (χ0) is 12.8. The molecule has 1 saturated heterocycles. The van der Waals surface area contributed by atoms with Crippen LogP contribution in [0.3, 0.4) is 0 Å². The molecule has 18 heavy (non-hydrogen) atoms. The summed E-state index contributed by atoms with van der Waals surface area (Å²) in [7, 11) is 0. The average Bonchev–Trinajstić information content (AvgIpc) is 2.65. The third kappa shape index (κ3) is 3.32. The van der Waals surface area contributed by atoms with E-state index in [1.165, 1.54) is 13.0 Å². The number of nitrogens with zero attached hydrogens (tertiary/aromatic N) is 4. The summed E-state index contributed by atoms with van der Waals surface area (Å²) in [5.74, 6) is 1.64. The zero-order valence-electron chi connectivity index (χ0n) is 11.3. The van der Waals surface area contributed by atoms with Gasteiger partial charge in [0.2, 0.25) is 5.88 Å². The van der Waals surface area contributed by atoms with Gasteiger partial charge in [-0.25, -0.2) is 9.97 Å². The predicted molar refractivity (Wildman–Crippen MR) is 72.1 cm³/mol. The van der Waals surface area contributed by atoms with E-state index in [1.54, 1.807) is 6.33 Å². The van der Waals surface area contributed by atoms with Crippen LogP contribution in [0.2, 0.25) is 0 Å². The van der Waals surface area contributed by atoms with E-state index in [-0.39, 0.29) is 0 Å². The molecule has 1 aliphatic heterocycles. The average molecular weight is 250 g/mol. The van der Waals surface area contributed by atoms with Crippen molar-refractivity contribution in [1.29, 1.82) is 0 Å². The zero-order valence-corrected chi connectivity index (χ0v) is 11.3. The second-order valence-corrected chi connectivity index (χ2v) is 4.42. The van der Waals surface area contributed by atoms with Crippen molar-refractivity contribution < 1.29 is 4.74 Å².